The molecule has 2 atom stereocenters. The van der Waals surface area contributed by atoms with E-state index in [1.165, 1.54) is 29.3 Å². The summed E-state index contributed by atoms with van der Waals surface area (Å²) in [5, 5.41) is 9.50. The molecule has 0 radical (unpaired) electrons. The highest BCUT2D eigenvalue weighted by molar-refractivity contribution is 9.10. The first-order valence-corrected chi connectivity index (χ1v) is 8.92. The Labute approximate surface area is 162 Å². The minimum atomic E-state index is -0.885. The molecule has 0 aromatic heterocycles. The van der Waals surface area contributed by atoms with E-state index in [9.17, 15) is 14.0 Å². The van der Waals surface area contributed by atoms with Crippen LogP contribution in [0, 0.1) is 5.82 Å². The Morgan fingerprint density at radius 1 is 1.15 bits per heavy atom. The topological polar surface area (TPSA) is 74.6 Å². The van der Waals surface area contributed by atoms with E-state index in [0.717, 1.165) is 14.9 Å². The van der Waals surface area contributed by atoms with Gasteiger partial charge in [0.1, 0.15) is 11.6 Å². The normalized spacial score (nSPS) is 21.1. The third-order valence-corrected chi connectivity index (χ3v) is 5.12. The molecule has 27 heavy (non-hydrogen) atoms. The van der Waals surface area contributed by atoms with Gasteiger partial charge in [0.05, 0.1) is 23.8 Å². The number of carbonyl (C=O) groups is 2. The van der Waals surface area contributed by atoms with Crippen molar-refractivity contribution in [2.75, 3.05) is 12.0 Å². The van der Waals surface area contributed by atoms with Crippen LogP contribution in [-0.2, 0) is 16.1 Å². The largest absolute Gasteiger partial charge is 0.496 e. The number of halogens is 2. The van der Waals surface area contributed by atoms with Crippen LogP contribution in [0.15, 0.2) is 57.3 Å². The number of benzene rings is 2. The lowest BCUT2D eigenvalue weighted by Gasteiger charge is -2.21. The van der Waals surface area contributed by atoms with Crippen LogP contribution in [0.1, 0.15) is 5.56 Å². The second-order valence-electron chi connectivity index (χ2n) is 6.15. The van der Waals surface area contributed by atoms with Gasteiger partial charge in [-0.05, 0) is 57.9 Å². The fourth-order valence-corrected chi connectivity index (χ4v) is 3.78. The second-order valence-corrected chi connectivity index (χ2v) is 7.00. The quantitative estimate of drug-likeness (QED) is 0.695. The van der Waals surface area contributed by atoms with Crippen LogP contribution in [0.2, 0.25) is 0 Å². The Hall–Kier alpha value is -2.81. The highest BCUT2D eigenvalue weighted by Crippen LogP contribution is 2.33. The van der Waals surface area contributed by atoms with Gasteiger partial charge < -0.3 is 4.74 Å². The SMILES string of the molecule is COc1ccc(CN2N=N[C@@H]3C(=O)N(c4ccc(F)cc4)C(=O)[C@H]32)cc1Br. The van der Waals surface area contributed by atoms with Crippen molar-refractivity contribution in [3.63, 3.8) is 0 Å². The van der Waals surface area contributed by atoms with Crippen LogP contribution in [0.5, 0.6) is 5.75 Å². The molecule has 1 saturated heterocycles. The van der Waals surface area contributed by atoms with Crippen LogP contribution in [0.3, 0.4) is 0 Å². The molecule has 2 aromatic carbocycles. The summed E-state index contributed by atoms with van der Waals surface area (Å²) in [4.78, 5) is 26.5. The second kappa shape index (κ2) is 6.73. The van der Waals surface area contributed by atoms with Gasteiger partial charge in [-0.2, -0.15) is 5.11 Å². The molecular weight excluding hydrogens is 419 g/mol. The summed E-state index contributed by atoms with van der Waals surface area (Å²) in [5.74, 6) is -0.633. The number of ether oxygens (including phenoxy) is 1. The van der Waals surface area contributed by atoms with E-state index in [1.807, 2.05) is 12.1 Å². The number of hydrogen-bond donors (Lipinski definition) is 0. The third-order valence-electron chi connectivity index (χ3n) is 4.50. The fourth-order valence-electron chi connectivity index (χ4n) is 3.19. The summed E-state index contributed by atoms with van der Waals surface area (Å²) in [6.07, 6.45) is 0. The van der Waals surface area contributed by atoms with Crippen LogP contribution in [0.25, 0.3) is 0 Å². The Morgan fingerprint density at radius 3 is 2.56 bits per heavy atom. The minimum absolute atomic E-state index is 0.309. The van der Waals surface area contributed by atoms with Crippen LogP contribution in [-0.4, -0.2) is 36.0 Å². The Kier molecular flexibility index (Phi) is 4.39. The fraction of sp³-hybridized carbons (Fsp3) is 0.222. The molecule has 0 spiro atoms. The van der Waals surface area contributed by atoms with E-state index in [0.29, 0.717) is 18.0 Å². The summed E-state index contributed by atoms with van der Waals surface area (Å²) in [7, 11) is 1.58. The Bertz CT molecular complexity index is 950. The number of rotatable bonds is 4. The van der Waals surface area contributed by atoms with Crippen molar-refractivity contribution >= 4 is 33.4 Å². The molecular formula is C18H14BrFN4O3. The molecule has 2 aliphatic heterocycles. The number of imide groups is 1. The van der Waals surface area contributed by atoms with Gasteiger partial charge in [0.25, 0.3) is 11.8 Å². The predicted molar refractivity (Wildman–Crippen MR) is 97.6 cm³/mol. The first kappa shape index (κ1) is 17.6. The van der Waals surface area contributed by atoms with Crippen molar-refractivity contribution < 1.29 is 18.7 Å². The van der Waals surface area contributed by atoms with E-state index < -0.39 is 29.7 Å². The highest BCUT2D eigenvalue weighted by atomic mass is 79.9. The summed E-state index contributed by atoms with van der Waals surface area (Å²) in [6.45, 7) is 0.309. The standard InChI is InChI=1S/C18H14BrFN4O3/c1-27-14-7-2-10(8-13(14)19)9-23-16-15(21-22-23)17(25)24(18(16)26)12-5-3-11(20)4-6-12/h2-8,15-16H,9H2,1H3/t15-,16-/m0/s1. The van der Waals surface area contributed by atoms with Crippen molar-refractivity contribution in [2.24, 2.45) is 10.3 Å². The zero-order chi connectivity index (χ0) is 19.1. The molecule has 0 N–H and O–H groups in total. The maximum atomic E-state index is 13.1. The molecule has 138 valence electrons. The zero-order valence-electron chi connectivity index (χ0n) is 14.2. The molecule has 0 unspecified atom stereocenters. The minimum Gasteiger partial charge on any atom is -0.496 e. The van der Waals surface area contributed by atoms with Gasteiger partial charge in [0.2, 0.25) is 0 Å². The van der Waals surface area contributed by atoms with Gasteiger partial charge in [-0.1, -0.05) is 11.3 Å². The van der Waals surface area contributed by atoms with Crippen molar-refractivity contribution in [3.05, 3.63) is 58.3 Å². The molecule has 2 heterocycles. The van der Waals surface area contributed by atoms with Gasteiger partial charge in [0, 0.05) is 0 Å². The molecule has 2 aliphatic rings. The number of nitrogens with zero attached hydrogens (tertiary/aromatic N) is 4. The number of carbonyl (C=O) groups excluding carboxylic acids is 2. The first-order chi connectivity index (χ1) is 13.0. The van der Waals surface area contributed by atoms with E-state index in [2.05, 4.69) is 26.3 Å². The third kappa shape index (κ3) is 2.97. The maximum absolute atomic E-state index is 13.1. The Balaban J connectivity index is 1.58. The zero-order valence-corrected chi connectivity index (χ0v) is 15.8. The predicted octanol–water partition coefficient (Wildman–Crippen LogP) is 3.09. The molecule has 2 aromatic rings. The molecule has 4 rings (SSSR count). The average molecular weight is 433 g/mol. The van der Waals surface area contributed by atoms with Gasteiger partial charge in [-0.15, -0.1) is 0 Å². The van der Waals surface area contributed by atoms with Gasteiger partial charge >= 0.3 is 0 Å². The molecule has 0 bridgehead atoms. The van der Waals surface area contributed by atoms with E-state index in [4.69, 9.17) is 4.74 Å². The first-order valence-electron chi connectivity index (χ1n) is 8.13. The summed E-state index contributed by atoms with van der Waals surface area (Å²) in [5.41, 5.74) is 1.20. The lowest BCUT2D eigenvalue weighted by Crippen LogP contribution is -2.39. The van der Waals surface area contributed by atoms with Gasteiger partial charge in [0.15, 0.2) is 12.1 Å². The number of anilines is 1. The summed E-state index contributed by atoms with van der Waals surface area (Å²) >= 11 is 3.42. The molecule has 9 heteroatoms. The molecule has 7 nitrogen and oxygen atoms in total. The summed E-state index contributed by atoms with van der Waals surface area (Å²) < 4.78 is 19.1. The summed E-state index contributed by atoms with van der Waals surface area (Å²) in [6, 6.07) is 9.04. The number of hydrogen-bond acceptors (Lipinski definition) is 6. The smallest absolute Gasteiger partial charge is 0.263 e. The van der Waals surface area contributed by atoms with E-state index in [-0.39, 0.29) is 0 Å². The number of amides is 2. The molecule has 1 fully saturated rings. The van der Waals surface area contributed by atoms with Gasteiger partial charge in [-0.25, -0.2) is 9.29 Å². The molecule has 2 amide bonds. The lowest BCUT2D eigenvalue weighted by molar-refractivity contribution is -0.123. The molecule has 0 saturated carbocycles. The van der Waals surface area contributed by atoms with E-state index >= 15 is 0 Å². The van der Waals surface area contributed by atoms with Gasteiger partial charge in [-0.3, -0.25) is 14.6 Å². The molecule has 0 aliphatic carbocycles. The van der Waals surface area contributed by atoms with Crippen molar-refractivity contribution in [1.82, 2.24) is 5.01 Å². The number of methoxy groups -OCH3 is 1. The van der Waals surface area contributed by atoms with Crippen LogP contribution < -0.4 is 9.64 Å². The van der Waals surface area contributed by atoms with Crippen molar-refractivity contribution in [1.29, 1.82) is 0 Å². The van der Waals surface area contributed by atoms with Crippen molar-refractivity contribution in [3.8, 4) is 5.75 Å². The lowest BCUT2D eigenvalue weighted by atomic mass is 10.1. The highest BCUT2D eigenvalue weighted by Gasteiger charge is 2.54. The maximum Gasteiger partial charge on any atom is 0.263 e. The van der Waals surface area contributed by atoms with E-state index in [1.54, 1.807) is 13.2 Å². The monoisotopic (exact) mass is 432 g/mol. The van der Waals surface area contributed by atoms with Crippen molar-refractivity contribution in [2.45, 2.75) is 18.6 Å². The Morgan fingerprint density at radius 2 is 1.89 bits per heavy atom. The number of fused-ring (bicyclic) bond motifs is 1. The average Bonchev–Trinajstić information content (AvgIpc) is 3.17. The van der Waals surface area contributed by atoms with Crippen LogP contribution in [0.4, 0.5) is 10.1 Å². The van der Waals surface area contributed by atoms with Crippen LogP contribution >= 0.6 is 15.9 Å².